The maximum atomic E-state index is 13.2. The van der Waals surface area contributed by atoms with Crippen molar-refractivity contribution in [3.8, 4) is 0 Å². The number of hydrogen-bond acceptors (Lipinski definition) is 13. The predicted molar refractivity (Wildman–Crippen MR) is 139 cm³/mol. The summed E-state index contributed by atoms with van der Waals surface area (Å²) in [4.78, 5) is 59.9. The highest BCUT2D eigenvalue weighted by molar-refractivity contribution is 8.00. The van der Waals surface area contributed by atoms with Crippen molar-refractivity contribution in [3.63, 3.8) is 0 Å². The minimum atomic E-state index is -1.80. The second kappa shape index (κ2) is 11.1. The summed E-state index contributed by atoms with van der Waals surface area (Å²) in [7, 11) is 0. The number of nitrogens with two attached hydrogens (primary N) is 2. The van der Waals surface area contributed by atoms with Gasteiger partial charge >= 0.3 is 11.9 Å². The molecule has 0 spiro atoms. The van der Waals surface area contributed by atoms with Gasteiger partial charge in [-0.25, -0.2) is 9.59 Å². The number of oxime groups is 1. The summed E-state index contributed by atoms with van der Waals surface area (Å²) in [5.41, 5.74) is 9.45. The fourth-order valence-electron chi connectivity index (χ4n) is 3.89. The van der Waals surface area contributed by atoms with Crippen LogP contribution in [0.5, 0.6) is 0 Å². The van der Waals surface area contributed by atoms with E-state index in [9.17, 15) is 34.5 Å². The molecule has 214 valence electrons. The lowest BCUT2D eigenvalue weighted by Crippen LogP contribution is -2.71. The number of rotatable bonds is 11. The van der Waals surface area contributed by atoms with Crippen LogP contribution in [-0.4, -0.2) is 93.1 Å². The van der Waals surface area contributed by atoms with Crippen molar-refractivity contribution in [1.82, 2.24) is 24.3 Å². The average Bonchev–Trinajstić information content (AvgIpc) is 3.47. The van der Waals surface area contributed by atoms with E-state index in [0.717, 1.165) is 16.4 Å². The Labute approximate surface area is 234 Å². The van der Waals surface area contributed by atoms with E-state index in [-0.39, 0.29) is 42.1 Å². The molecule has 2 atom stereocenters. The molecule has 8 N–H and O–H groups in total. The van der Waals surface area contributed by atoms with E-state index in [0.29, 0.717) is 11.4 Å². The van der Waals surface area contributed by atoms with Gasteiger partial charge in [0.05, 0.1) is 12.7 Å². The molecule has 4 rings (SSSR count). The van der Waals surface area contributed by atoms with E-state index in [2.05, 4.69) is 19.8 Å². The highest BCUT2D eigenvalue weighted by atomic mass is 32.2. The first-order valence-corrected chi connectivity index (χ1v) is 13.4. The molecule has 2 amide bonds. The molecule has 2 aliphatic heterocycles. The Kier molecular flexibility index (Phi) is 7.98. The molecule has 4 heterocycles. The lowest BCUT2D eigenvalue weighted by Gasteiger charge is -2.49. The summed E-state index contributed by atoms with van der Waals surface area (Å²) < 4.78 is 7.14. The van der Waals surface area contributed by atoms with Gasteiger partial charge in [-0.15, -0.1) is 21.1 Å². The smallest absolute Gasteiger partial charge is 0.352 e. The average molecular weight is 597 g/mol. The maximum absolute atomic E-state index is 13.2. The Balaban J connectivity index is 1.56. The molecule has 2 aliphatic rings. The molecule has 0 aromatic carbocycles. The molecule has 40 heavy (non-hydrogen) atoms. The molecule has 0 saturated carbocycles. The van der Waals surface area contributed by atoms with E-state index in [1.807, 2.05) is 0 Å². The van der Waals surface area contributed by atoms with E-state index < -0.39 is 46.5 Å². The van der Waals surface area contributed by atoms with Crippen LogP contribution < -0.4 is 21.5 Å². The largest absolute Gasteiger partial charge is 0.478 e. The number of carboxylic acids is 2. The fourth-order valence-corrected chi connectivity index (χ4v) is 5.66. The number of fused-ring (bicyclic) bond motifs is 1. The Bertz CT molecular complexity index is 1430. The number of carbonyl (C=O) groups excluding carboxylic acids is 2. The zero-order chi connectivity index (χ0) is 29.4. The molecular formula is C21H26N9O8S2+. The lowest BCUT2D eigenvalue weighted by atomic mass is 10.0. The minimum Gasteiger partial charge on any atom is -0.478 e. The van der Waals surface area contributed by atoms with E-state index in [1.165, 1.54) is 25.6 Å². The van der Waals surface area contributed by atoms with Crippen LogP contribution in [0.3, 0.4) is 0 Å². The van der Waals surface area contributed by atoms with Crippen LogP contribution in [0, 0.1) is 0 Å². The van der Waals surface area contributed by atoms with Crippen LogP contribution in [0.2, 0.25) is 0 Å². The summed E-state index contributed by atoms with van der Waals surface area (Å²) >= 11 is 2.01. The molecule has 1 saturated heterocycles. The molecular weight excluding hydrogens is 570 g/mol. The van der Waals surface area contributed by atoms with Crippen LogP contribution in [-0.2, 0) is 37.1 Å². The third-order valence-electron chi connectivity index (χ3n) is 5.98. The lowest BCUT2D eigenvalue weighted by molar-refractivity contribution is -0.767. The molecule has 0 radical (unpaired) electrons. The first-order chi connectivity index (χ1) is 18.9. The number of carboxylic acid groups (broad SMARTS) is 2. The van der Waals surface area contributed by atoms with Gasteiger partial charge in [0.1, 0.15) is 23.7 Å². The van der Waals surface area contributed by atoms with Gasteiger partial charge in [0, 0.05) is 22.9 Å². The second-order valence-corrected chi connectivity index (χ2v) is 11.0. The topological polar surface area (TPSA) is 252 Å². The Morgan fingerprint density at radius 2 is 2.05 bits per heavy atom. The summed E-state index contributed by atoms with van der Waals surface area (Å²) in [5.74, 6) is -3.93. The van der Waals surface area contributed by atoms with Crippen LogP contribution in [0.15, 0.2) is 28.7 Å². The van der Waals surface area contributed by atoms with Gasteiger partial charge in [0.15, 0.2) is 23.7 Å². The number of aliphatic carboxylic acids is 2. The quantitative estimate of drug-likeness (QED) is 0.0698. The summed E-state index contributed by atoms with van der Waals surface area (Å²) in [6.45, 7) is 2.54. The minimum absolute atomic E-state index is 0.00949. The van der Waals surface area contributed by atoms with Crippen molar-refractivity contribution in [1.29, 1.82) is 0 Å². The van der Waals surface area contributed by atoms with Gasteiger partial charge in [0.25, 0.3) is 11.8 Å². The van der Waals surface area contributed by atoms with Gasteiger partial charge in [-0.2, -0.15) is 9.36 Å². The number of carbonyl (C=O) groups is 4. The zero-order valence-corrected chi connectivity index (χ0v) is 22.8. The standard InChI is InChI=1S/C21H25N9O8S2/c1-21(2,19(36)37)38-26-11(14-25-20(23)40-27-14)15(32)24-12-16(33)30-13(18(34)35)9(8-39-17(12)30)7-28-4-3-10(22)29(28)5-6-31/h3-4,12,17,22,31H,5-8H2,1-2H3,(H5,23,24,25,27,32,34,35,36,37)/p+1/b26-11-/t12-,17-/m1/s1. The number of hydrogen-bond donors (Lipinski definition) is 6. The molecule has 2 aromatic rings. The number of nitrogens with one attached hydrogen (secondary N) is 1. The van der Waals surface area contributed by atoms with E-state index in [1.54, 1.807) is 21.6 Å². The van der Waals surface area contributed by atoms with E-state index in [4.69, 9.17) is 16.3 Å². The Morgan fingerprint density at radius 1 is 1.32 bits per heavy atom. The number of nitrogens with zero attached hydrogens (tertiary/aromatic N) is 6. The normalized spacial score (nSPS) is 19.2. The zero-order valence-electron chi connectivity index (χ0n) is 21.2. The van der Waals surface area contributed by atoms with Crippen LogP contribution >= 0.6 is 23.3 Å². The van der Waals surface area contributed by atoms with Gasteiger partial charge in [-0.3, -0.25) is 14.5 Å². The molecule has 0 bridgehead atoms. The van der Waals surface area contributed by atoms with Crippen molar-refractivity contribution in [3.05, 3.63) is 29.4 Å². The van der Waals surface area contributed by atoms with Crippen molar-refractivity contribution in [2.24, 2.45) is 5.16 Å². The summed E-state index contributed by atoms with van der Waals surface area (Å²) in [6.07, 6.45) is 1.64. The number of anilines is 2. The van der Waals surface area contributed by atoms with Gasteiger partial charge in [0.2, 0.25) is 17.1 Å². The molecule has 0 aliphatic carbocycles. The molecule has 2 aromatic heterocycles. The number of nitrogen functional groups attached to an aromatic ring is 2. The maximum Gasteiger partial charge on any atom is 0.352 e. The fraction of sp³-hybridized carbons (Fsp3) is 0.429. The number of aromatic nitrogens is 4. The molecule has 1 fully saturated rings. The number of aliphatic hydroxyl groups excluding tert-OH is 1. The Hall–Kier alpha value is -4.23. The predicted octanol–water partition coefficient (Wildman–Crippen LogP) is -2.19. The molecule has 17 nitrogen and oxygen atoms in total. The third kappa shape index (κ3) is 5.42. The number of amides is 2. The third-order valence-corrected chi connectivity index (χ3v) is 7.86. The van der Waals surface area contributed by atoms with Gasteiger partial charge in [-0.1, -0.05) is 5.16 Å². The first-order valence-electron chi connectivity index (χ1n) is 11.6. The van der Waals surface area contributed by atoms with Crippen molar-refractivity contribution in [2.75, 3.05) is 23.8 Å². The monoisotopic (exact) mass is 596 g/mol. The number of β-lactam (4-membered cyclic amide) rings is 1. The van der Waals surface area contributed by atoms with Crippen LogP contribution in [0.4, 0.5) is 10.9 Å². The SMILES string of the molecule is CC(C)(O/N=C(\C(=O)N[C@@H]1C(=O)N2C(C(=O)O)=C(C[n+]3ccc(N)n3CCO)CS[C@H]12)c1nsc(N)n1)C(=O)O. The van der Waals surface area contributed by atoms with Crippen molar-refractivity contribution in [2.45, 2.75) is 44.0 Å². The highest BCUT2D eigenvalue weighted by Gasteiger charge is 2.55. The van der Waals surface area contributed by atoms with E-state index >= 15 is 0 Å². The van der Waals surface area contributed by atoms with Crippen molar-refractivity contribution >= 4 is 63.7 Å². The van der Waals surface area contributed by atoms with Crippen molar-refractivity contribution < 1.29 is 44.0 Å². The number of aliphatic hydroxyl groups is 1. The molecule has 0 unspecified atom stereocenters. The highest BCUT2D eigenvalue weighted by Crippen LogP contribution is 2.40. The summed E-state index contributed by atoms with van der Waals surface area (Å²) in [6, 6.07) is 0.490. The van der Waals surface area contributed by atoms with Crippen LogP contribution in [0.1, 0.15) is 19.7 Å². The summed E-state index contributed by atoms with van der Waals surface area (Å²) in [5, 5.41) is 34.0. The van der Waals surface area contributed by atoms with Gasteiger partial charge < -0.3 is 36.9 Å². The Morgan fingerprint density at radius 3 is 2.65 bits per heavy atom. The second-order valence-electron chi connectivity index (χ2n) is 9.11. The number of thioether (sulfide) groups is 1. The molecule has 19 heteroatoms. The van der Waals surface area contributed by atoms with Crippen LogP contribution in [0.25, 0.3) is 0 Å². The first kappa shape index (κ1) is 28.8. The van der Waals surface area contributed by atoms with Gasteiger partial charge in [-0.05, 0) is 13.8 Å².